The van der Waals surface area contributed by atoms with Crippen LogP contribution in [-0.2, 0) is 28.2 Å². The number of piperazine rings is 1. The first-order chi connectivity index (χ1) is 28.3. The zero-order valence-corrected chi connectivity index (χ0v) is 32.7. The van der Waals surface area contributed by atoms with Gasteiger partial charge in [-0.1, -0.05) is 55.5 Å². The fourth-order valence-electron chi connectivity index (χ4n) is 8.22. The third kappa shape index (κ3) is 8.39. The van der Waals surface area contributed by atoms with Gasteiger partial charge < -0.3 is 24.0 Å². The van der Waals surface area contributed by atoms with Crippen LogP contribution in [0.15, 0.2) is 121 Å². The second-order valence-corrected chi connectivity index (χ2v) is 15.1. The van der Waals surface area contributed by atoms with E-state index in [-0.39, 0.29) is 30.3 Å². The first-order valence-electron chi connectivity index (χ1n) is 19.9. The standard InChI is InChI=1S/C44H48F2N8O4/c1-3-40(32(2)56-25-33-9-5-4-6-10-33)54-43(55)53(31-49-54)42-12-8-7-11-41(42)51-21-19-50(20-22-51)36-14-16-37(17-15-36)57-26-34-24-44(58-27-34,28-52-30-47-29-48-52)38-18-13-35(45)23-39(38)46/h4-18,23,29-32,34,40H,3,19-22,24-28H2,1-2H3/t32-,34+,40-,44-/m0/s1. The zero-order valence-electron chi connectivity index (χ0n) is 32.7. The lowest BCUT2D eigenvalue weighted by atomic mass is 9.87. The Bertz CT molecular complexity index is 2310. The summed E-state index contributed by atoms with van der Waals surface area (Å²) < 4.78 is 52.3. The average Bonchev–Trinajstić information content (AvgIpc) is 4.01. The first-order valence-corrected chi connectivity index (χ1v) is 19.9. The SMILES string of the molecule is CC[C@@H]([C@H](C)OCc1ccccc1)n1ncn(-c2ccccc2N2CCN(c3ccc(OC[C@@H]4CO[C@@](Cn5cncn5)(c5ccc(F)cc5F)C4)cc3)CC2)c1=O. The normalized spacial score (nSPS) is 19.3. The van der Waals surface area contributed by atoms with E-state index in [4.69, 9.17) is 14.2 Å². The molecule has 0 aliphatic carbocycles. The van der Waals surface area contributed by atoms with E-state index < -0.39 is 17.2 Å². The molecule has 0 spiro atoms. The molecule has 302 valence electrons. The van der Waals surface area contributed by atoms with Crippen LogP contribution in [0.4, 0.5) is 20.2 Å². The molecular formula is C44H48F2N8O4. The maximum atomic E-state index is 15.1. The van der Waals surface area contributed by atoms with Crippen LogP contribution in [0.2, 0.25) is 0 Å². The van der Waals surface area contributed by atoms with Gasteiger partial charge in [-0.15, -0.1) is 0 Å². The number of aromatic nitrogens is 6. The van der Waals surface area contributed by atoms with E-state index in [9.17, 15) is 9.18 Å². The summed E-state index contributed by atoms with van der Waals surface area (Å²) in [4.78, 5) is 22.5. The highest BCUT2D eigenvalue weighted by atomic mass is 19.1. The molecule has 2 fully saturated rings. The number of benzene rings is 4. The number of hydrogen-bond donors (Lipinski definition) is 0. The predicted molar refractivity (Wildman–Crippen MR) is 216 cm³/mol. The molecule has 12 nitrogen and oxygen atoms in total. The lowest BCUT2D eigenvalue weighted by Gasteiger charge is -2.38. The van der Waals surface area contributed by atoms with Gasteiger partial charge in [-0.25, -0.2) is 32.5 Å². The van der Waals surface area contributed by atoms with Crippen LogP contribution in [0.25, 0.3) is 5.69 Å². The Morgan fingerprint density at radius 1 is 0.879 bits per heavy atom. The molecule has 0 unspecified atom stereocenters. The number of nitrogens with zero attached hydrogens (tertiary/aromatic N) is 8. The largest absolute Gasteiger partial charge is 0.493 e. The van der Waals surface area contributed by atoms with Crippen molar-refractivity contribution in [2.75, 3.05) is 49.2 Å². The van der Waals surface area contributed by atoms with Gasteiger partial charge in [-0.2, -0.15) is 10.2 Å². The van der Waals surface area contributed by atoms with Gasteiger partial charge in [-0.3, -0.25) is 0 Å². The third-order valence-electron chi connectivity index (χ3n) is 11.3. The van der Waals surface area contributed by atoms with Crippen LogP contribution in [0.5, 0.6) is 5.75 Å². The van der Waals surface area contributed by atoms with Gasteiger partial charge in [-0.05, 0) is 67.8 Å². The summed E-state index contributed by atoms with van der Waals surface area (Å²) in [5.74, 6) is -0.585. The van der Waals surface area contributed by atoms with E-state index in [1.54, 1.807) is 26.6 Å². The molecule has 0 N–H and O–H groups in total. The summed E-state index contributed by atoms with van der Waals surface area (Å²) in [6.45, 7) is 8.62. The molecule has 58 heavy (non-hydrogen) atoms. The molecule has 0 saturated carbocycles. The number of rotatable bonds is 15. The van der Waals surface area contributed by atoms with E-state index in [2.05, 4.69) is 43.2 Å². The predicted octanol–water partition coefficient (Wildman–Crippen LogP) is 6.80. The minimum atomic E-state index is -1.03. The molecule has 8 rings (SSSR count). The van der Waals surface area contributed by atoms with Crippen molar-refractivity contribution < 1.29 is 23.0 Å². The highest BCUT2D eigenvalue weighted by molar-refractivity contribution is 5.64. The van der Waals surface area contributed by atoms with Gasteiger partial charge in [0.15, 0.2) is 0 Å². The smallest absolute Gasteiger partial charge is 0.350 e. The maximum Gasteiger partial charge on any atom is 0.350 e. The summed E-state index contributed by atoms with van der Waals surface area (Å²) in [7, 11) is 0. The molecule has 4 aromatic carbocycles. The lowest BCUT2D eigenvalue weighted by Crippen LogP contribution is -2.47. The van der Waals surface area contributed by atoms with Crippen LogP contribution in [0.3, 0.4) is 0 Å². The second kappa shape index (κ2) is 17.3. The van der Waals surface area contributed by atoms with Crippen molar-refractivity contribution >= 4 is 11.4 Å². The first kappa shape index (κ1) is 39.0. The fraction of sp³-hybridized carbons (Fsp3) is 0.364. The van der Waals surface area contributed by atoms with Crippen molar-refractivity contribution in [1.82, 2.24) is 29.1 Å². The third-order valence-corrected chi connectivity index (χ3v) is 11.3. The van der Waals surface area contributed by atoms with E-state index in [0.717, 1.165) is 60.6 Å². The molecule has 0 radical (unpaired) electrons. The Morgan fingerprint density at radius 2 is 1.62 bits per heavy atom. The highest BCUT2D eigenvalue weighted by Crippen LogP contribution is 2.42. The van der Waals surface area contributed by atoms with Crippen LogP contribution < -0.4 is 20.2 Å². The van der Waals surface area contributed by atoms with Crippen LogP contribution in [-0.4, -0.2) is 74.6 Å². The fourth-order valence-corrected chi connectivity index (χ4v) is 8.22. The van der Waals surface area contributed by atoms with E-state index >= 15 is 4.39 Å². The number of hydrogen-bond acceptors (Lipinski definition) is 9. The number of anilines is 2. The molecule has 0 bridgehead atoms. The molecule has 6 aromatic rings. The van der Waals surface area contributed by atoms with Crippen molar-refractivity contribution in [2.24, 2.45) is 5.92 Å². The zero-order chi connectivity index (χ0) is 40.1. The van der Waals surface area contributed by atoms with Crippen molar-refractivity contribution in [3.8, 4) is 11.4 Å². The molecule has 2 aliphatic heterocycles. The molecule has 14 heteroatoms. The Labute approximate surface area is 336 Å². The highest BCUT2D eigenvalue weighted by Gasteiger charge is 2.44. The van der Waals surface area contributed by atoms with Crippen LogP contribution >= 0.6 is 0 Å². The maximum absolute atomic E-state index is 15.1. The Balaban J connectivity index is 0.872. The summed E-state index contributed by atoms with van der Waals surface area (Å²) in [6, 6.07) is 29.5. The van der Waals surface area contributed by atoms with Gasteiger partial charge in [0.1, 0.15) is 42.0 Å². The van der Waals surface area contributed by atoms with Crippen LogP contribution in [0, 0.1) is 17.6 Å². The van der Waals surface area contributed by atoms with Gasteiger partial charge in [0.25, 0.3) is 0 Å². The second-order valence-electron chi connectivity index (χ2n) is 15.1. The Kier molecular flexibility index (Phi) is 11.6. The van der Waals surface area contributed by atoms with Gasteiger partial charge in [0, 0.05) is 49.4 Å². The molecule has 4 atom stereocenters. The van der Waals surface area contributed by atoms with Crippen LogP contribution in [0.1, 0.15) is 43.9 Å². The number of para-hydroxylation sites is 2. The topological polar surface area (TPSA) is 105 Å². The van der Waals surface area contributed by atoms with Gasteiger partial charge in [0.2, 0.25) is 0 Å². The van der Waals surface area contributed by atoms with E-state index in [0.29, 0.717) is 38.2 Å². The van der Waals surface area contributed by atoms with E-state index in [1.807, 2.05) is 74.5 Å². The Morgan fingerprint density at radius 3 is 2.34 bits per heavy atom. The molecule has 2 saturated heterocycles. The van der Waals surface area contributed by atoms with Crippen molar-refractivity contribution in [3.05, 3.63) is 149 Å². The quantitative estimate of drug-likeness (QED) is 0.111. The van der Waals surface area contributed by atoms with Crippen molar-refractivity contribution in [3.63, 3.8) is 0 Å². The monoisotopic (exact) mass is 790 g/mol. The molecule has 2 aliphatic rings. The van der Waals surface area contributed by atoms with Crippen molar-refractivity contribution in [2.45, 2.75) is 57.6 Å². The molecule has 4 heterocycles. The Hall–Kier alpha value is -5.86. The number of ether oxygens (including phenoxy) is 3. The molecule has 0 amide bonds. The van der Waals surface area contributed by atoms with E-state index in [1.165, 1.54) is 18.5 Å². The minimum Gasteiger partial charge on any atom is -0.493 e. The summed E-state index contributed by atoms with van der Waals surface area (Å²) in [5.41, 5.74) is 3.03. The van der Waals surface area contributed by atoms with Gasteiger partial charge >= 0.3 is 5.69 Å². The van der Waals surface area contributed by atoms with Gasteiger partial charge in [0.05, 0.1) is 49.9 Å². The summed E-state index contributed by atoms with van der Waals surface area (Å²) >= 11 is 0. The molecular weight excluding hydrogens is 743 g/mol. The number of halogens is 2. The van der Waals surface area contributed by atoms with Crippen molar-refractivity contribution in [1.29, 1.82) is 0 Å². The summed E-state index contributed by atoms with van der Waals surface area (Å²) in [6.07, 6.45) is 5.56. The average molecular weight is 791 g/mol. The molecule has 2 aromatic heterocycles. The lowest BCUT2D eigenvalue weighted by molar-refractivity contribution is -0.0206. The minimum absolute atomic E-state index is 0.0237. The summed E-state index contributed by atoms with van der Waals surface area (Å²) in [5, 5.41) is 8.77.